The summed E-state index contributed by atoms with van der Waals surface area (Å²) >= 11 is 0. The molecule has 3 aromatic heterocycles. The van der Waals surface area contributed by atoms with Gasteiger partial charge in [-0.25, -0.2) is 4.39 Å². The molecular weight excluding hydrogens is 1110 g/mol. The van der Waals surface area contributed by atoms with E-state index in [1.165, 1.54) is 45.5 Å². The Morgan fingerprint density at radius 3 is 1.96 bits per heavy atom. The molecule has 0 bridgehead atoms. The monoisotopic (exact) mass is 1170 g/mol. The molecule has 0 saturated heterocycles. The molecule has 9 aromatic carbocycles. The number of furan rings is 1. The summed E-state index contributed by atoms with van der Waals surface area (Å²) in [5.74, 6) is 1.08. The van der Waals surface area contributed by atoms with Crippen LogP contribution >= 0.6 is 0 Å². The van der Waals surface area contributed by atoms with Crippen LogP contribution in [0.15, 0.2) is 205 Å². The third-order valence-electron chi connectivity index (χ3n) is 13.9. The van der Waals surface area contributed by atoms with Gasteiger partial charge in [-0.15, -0.1) is 59.7 Å². The van der Waals surface area contributed by atoms with Gasteiger partial charge in [0.05, 0.1) is 30.5 Å². The zero-order valence-corrected chi connectivity index (χ0v) is 46.6. The number of hydrogen-bond donors (Lipinski definition) is 0. The van der Waals surface area contributed by atoms with Gasteiger partial charge < -0.3 is 14.0 Å². The second kappa shape index (κ2) is 21.4. The van der Waals surface area contributed by atoms with Crippen molar-refractivity contribution >= 4 is 57.0 Å². The minimum atomic E-state index is -1.76. The molecule has 75 heavy (non-hydrogen) atoms. The van der Waals surface area contributed by atoms with Crippen molar-refractivity contribution in [1.82, 2.24) is 14.5 Å². The Morgan fingerprint density at radius 1 is 0.613 bits per heavy atom. The van der Waals surface area contributed by atoms with E-state index in [4.69, 9.17) is 12.1 Å². The van der Waals surface area contributed by atoms with Crippen molar-refractivity contribution in [3.8, 4) is 50.6 Å². The van der Waals surface area contributed by atoms with Gasteiger partial charge in [0.1, 0.15) is 11.4 Å². The van der Waals surface area contributed by atoms with Crippen LogP contribution in [0.3, 0.4) is 0 Å². The standard InChI is InChI=1S/C47H36FN2O.C21H22NSi.Ir/c1-28(2)38-26-35(30-10-6-5-7-11-30)27-39(29(3)4)45(38)50-46-37-13-9-8-12-32(37)16-21-42(46)49-47(50)34-18-23-44-41(25-34)40-24-33(17-22-43(40)51-44)31-14-19-36(48)20-15-31;1-23(2,3)21-16-22-20(18-12-8-5-9-13-18)15-19(21)14-17-10-6-4-7-11-17;/h5-17,19-29H,1-4H3;4-12,15-16H,14H2,1-3H3;/q2*-1;/i;14D2;. The molecule has 0 aliphatic rings. The molecule has 0 N–H and O–H groups in total. The maximum Gasteiger partial charge on any atom is 0.123 e. The summed E-state index contributed by atoms with van der Waals surface area (Å²) in [6, 6.07) is 70.9. The van der Waals surface area contributed by atoms with E-state index in [0.717, 1.165) is 82.9 Å². The average molecular weight is 1170 g/mol. The van der Waals surface area contributed by atoms with Gasteiger partial charge >= 0.3 is 0 Å². The van der Waals surface area contributed by atoms with E-state index in [9.17, 15) is 4.39 Å². The number of nitrogens with zero attached hydrogens (tertiary/aromatic N) is 3. The van der Waals surface area contributed by atoms with Gasteiger partial charge in [-0.05, 0) is 116 Å². The number of benzene rings is 9. The van der Waals surface area contributed by atoms with Gasteiger partial charge in [-0.1, -0.05) is 174 Å². The molecule has 0 amide bonds. The van der Waals surface area contributed by atoms with Crippen LogP contribution in [0.25, 0.3) is 94.3 Å². The van der Waals surface area contributed by atoms with Gasteiger partial charge in [-0.3, -0.25) is 4.98 Å². The molecule has 0 unspecified atom stereocenters. The summed E-state index contributed by atoms with van der Waals surface area (Å²) in [7, 11) is -1.76. The third-order valence-corrected chi connectivity index (χ3v) is 15.9. The molecule has 1 radical (unpaired) electrons. The summed E-state index contributed by atoms with van der Waals surface area (Å²) in [6.45, 7) is 15.8. The van der Waals surface area contributed by atoms with E-state index in [1.54, 1.807) is 0 Å². The molecule has 3 heterocycles. The Labute approximate surface area is 457 Å². The van der Waals surface area contributed by atoms with E-state index in [0.29, 0.717) is 5.56 Å². The Hall–Kier alpha value is -7.54. The first-order chi connectivity index (χ1) is 36.6. The number of pyridine rings is 1. The topological polar surface area (TPSA) is 43.9 Å². The summed E-state index contributed by atoms with van der Waals surface area (Å²) in [4.78, 5) is 10.0. The van der Waals surface area contributed by atoms with Crippen LogP contribution in [-0.2, 0) is 26.5 Å². The van der Waals surface area contributed by atoms with Crippen molar-refractivity contribution in [2.75, 3.05) is 0 Å². The van der Waals surface area contributed by atoms with Crippen LogP contribution in [0, 0.1) is 17.9 Å². The first-order valence-electron chi connectivity index (χ1n) is 26.5. The maximum atomic E-state index is 13.7. The molecule has 0 spiro atoms. The largest absolute Gasteiger partial charge is 0.500 e. The normalized spacial score (nSPS) is 12.2. The van der Waals surface area contributed by atoms with Crippen LogP contribution in [0.2, 0.25) is 19.6 Å². The first-order valence-corrected chi connectivity index (χ1v) is 29.0. The van der Waals surface area contributed by atoms with Crippen molar-refractivity contribution in [3.63, 3.8) is 0 Å². The first kappa shape index (κ1) is 48.4. The van der Waals surface area contributed by atoms with Crippen molar-refractivity contribution in [2.24, 2.45) is 0 Å². The zero-order valence-electron chi connectivity index (χ0n) is 45.2. The summed E-state index contributed by atoms with van der Waals surface area (Å²) in [6.07, 6.45) is 0.307. The summed E-state index contributed by atoms with van der Waals surface area (Å²) in [5, 5.41) is 5.36. The van der Waals surface area contributed by atoms with Gasteiger partial charge in [0.25, 0.3) is 0 Å². The fourth-order valence-corrected chi connectivity index (χ4v) is 11.5. The second-order valence-corrected chi connectivity index (χ2v) is 25.7. The fraction of sp³-hybridized carbons (Fsp3) is 0.147. The van der Waals surface area contributed by atoms with E-state index in [-0.39, 0.29) is 37.8 Å². The van der Waals surface area contributed by atoms with Gasteiger partial charge in [0.2, 0.25) is 0 Å². The van der Waals surface area contributed by atoms with Crippen LogP contribution in [-0.4, -0.2) is 22.6 Å². The van der Waals surface area contributed by atoms with E-state index in [1.807, 2.05) is 97.2 Å². The number of hydrogen-bond acceptors (Lipinski definition) is 3. The number of halogens is 1. The molecule has 373 valence electrons. The van der Waals surface area contributed by atoms with Crippen LogP contribution < -0.4 is 5.19 Å². The fourth-order valence-electron chi connectivity index (χ4n) is 10.1. The minimum absolute atomic E-state index is 0. The van der Waals surface area contributed by atoms with E-state index < -0.39 is 14.4 Å². The van der Waals surface area contributed by atoms with Crippen molar-refractivity contribution < 1.29 is 31.7 Å². The van der Waals surface area contributed by atoms with Crippen LogP contribution in [0.5, 0.6) is 0 Å². The van der Waals surface area contributed by atoms with Crippen molar-refractivity contribution in [3.05, 3.63) is 241 Å². The molecule has 0 fully saturated rings. The Bertz CT molecular complexity index is 4050. The molecule has 7 heteroatoms. The Kier molecular flexibility index (Phi) is 13.8. The molecule has 0 aliphatic heterocycles. The Balaban J connectivity index is 0.000000218. The van der Waals surface area contributed by atoms with Gasteiger partial charge in [0, 0.05) is 45.5 Å². The van der Waals surface area contributed by atoms with Crippen molar-refractivity contribution in [1.29, 1.82) is 0 Å². The predicted molar refractivity (Wildman–Crippen MR) is 310 cm³/mol. The molecule has 0 atom stereocenters. The second-order valence-electron chi connectivity index (χ2n) is 20.7. The molecule has 12 aromatic rings. The van der Waals surface area contributed by atoms with Gasteiger partial charge in [0.15, 0.2) is 0 Å². The summed E-state index contributed by atoms with van der Waals surface area (Å²) in [5.41, 5.74) is 15.6. The van der Waals surface area contributed by atoms with Crippen LogP contribution in [0.4, 0.5) is 4.39 Å². The maximum absolute atomic E-state index is 13.7. The smallest absolute Gasteiger partial charge is 0.123 e. The Morgan fingerprint density at radius 2 is 1.27 bits per heavy atom. The predicted octanol–water partition coefficient (Wildman–Crippen LogP) is 17.9. The molecule has 0 aliphatic carbocycles. The molecule has 4 nitrogen and oxygen atoms in total. The number of rotatable bonds is 10. The quantitative estimate of drug-likeness (QED) is 0.101. The van der Waals surface area contributed by atoms with E-state index >= 15 is 0 Å². The van der Waals surface area contributed by atoms with E-state index in [2.05, 4.69) is 160 Å². The SMILES string of the molecule is CC(C)c1cc(-c2ccccc2)cc(C(C)C)c1-n1c(-c2[c-]cc3oc4ccc(-c5ccc(F)cc5)cc4c3c2)nc2ccc3ccccc3c21.[2H]C([2H])(c1ccccc1)c1cc(-c2[c-]cccc2)ncc1[Si](C)(C)C.[Ir]. The van der Waals surface area contributed by atoms with Crippen molar-refractivity contribution in [2.45, 2.75) is 65.5 Å². The molecule has 12 rings (SSSR count). The minimum Gasteiger partial charge on any atom is -0.500 e. The van der Waals surface area contributed by atoms with Crippen LogP contribution in [0.1, 0.15) is 64.5 Å². The molecular formula is C68H58FIrN3OSi-2. The average Bonchev–Trinajstić information content (AvgIpc) is 4.16. The summed E-state index contributed by atoms with van der Waals surface area (Å²) < 4.78 is 40.2. The zero-order chi connectivity index (χ0) is 52.9. The number of aromatic nitrogens is 3. The number of imidazole rings is 1. The third kappa shape index (κ3) is 10.3. The van der Waals surface area contributed by atoms with Gasteiger partial charge in [-0.2, -0.15) is 0 Å². The molecule has 0 saturated carbocycles. The number of fused-ring (bicyclic) bond motifs is 6.